The van der Waals surface area contributed by atoms with E-state index in [2.05, 4.69) is 22.9 Å². The number of nitrogens with zero attached hydrogens (tertiary/aromatic N) is 1. The van der Waals surface area contributed by atoms with Gasteiger partial charge in [-0.15, -0.1) is 0 Å². The van der Waals surface area contributed by atoms with Crippen molar-refractivity contribution in [1.29, 1.82) is 0 Å². The zero-order valence-electron chi connectivity index (χ0n) is 9.46. The minimum Gasteiger partial charge on any atom is -0.300 e. The lowest BCUT2D eigenvalue weighted by atomic mass is 10.1. The molecule has 4 nitrogen and oxygen atoms in total. The first-order valence-electron chi connectivity index (χ1n) is 5.59. The van der Waals surface area contributed by atoms with E-state index in [1.807, 2.05) is 6.21 Å². The van der Waals surface area contributed by atoms with Crippen molar-refractivity contribution in [3.05, 3.63) is 0 Å². The van der Waals surface area contributed by atoms with Gasteiger partial charge in [0.05, 0.1) is 0 Å². The maximum atomic E-state index is 5.05. The van der Waals surface area contributed by atoms with Crippen molar-refractivity contribution >= 4 is 23.5 Å². The van der Waals surface area contributed by atoms with Crippen LogP contribution in [0.25, 0.3) is 0 Å². The van der Waals surface area contributed by atoms with Crippen molar-refractivity contribution in [2.45, 2.75) is 51.9 Å². The first-order chi connectivity index (χ1) is 7.31. The van der Waals surface area contributed by atoms with Gasteiger partial charge in [-0.1, -0.05) is 39.0 Å². The van der Waals surface area contributed by atoms with Gasteiger partial charge in [-0.25, -0.2) is 5.84 Å². The van der Waals surface area contributed by atoms with Crippen LogP contribution >= 0.6 is 12.2 Å². The second-order valence-electron chi connectivity index (χ2n) is 3.45. The molecule has 0 radical (unpaired) electrons. The number of nitrogens with two attached hydrogens (primary N) is 1. The average Bonchev–Trinajstić information content (AvgIpc) is 2.26. The zero-order valence-corrected chi connectivity index (χ0v) is 10.3. The topological polar surface area (TPSA) is 62.4 Å². The van der Waals surface area contributed by atoms with Crippen LogP contribution in [0, 0.1) is 0 Å². The van der Waals surface area contributed by atoms with Crippen LogP contribution in [0.5, 0.6) is 0 Å². The second-order valence-corrected chi connectivity index (χ2v) is 3.86. The van der Waals surface area contributed by atoms with Crippen LogP contribution in [0.4, 0.5) is 0 Å². The second kappa shape index (κ2) is 11.4. The summed E-state index contributed by atoms with van der Waals surface area (Å²) >= 11 is 4.74. The van der Waals surface area contributed by atoms with Gasteiger partial charge in [0.2, 0.25) is 5.11 Å². The highest BCUT2D eigenvalue weighted by atomic mass is 32.1. The van der Waals surface area contributed by atoms with Crippen LogP contribution in [0.15, 0.2) is 5.10 Å². The Labute approximate surface area is 97.7 Å². The summed E-state index contributed by atoms with van der Waals surface area (Å²) in [5, 5.41) is 4.26. The molecular formula is C10H22N4S. The van der Waals surface area contributed by atoms with Crippen molar-refractivity contribution < 1.29 is 0 Å². The fraction of sp³-hybridized carbons (Fsp3) is 0.800. The third-order valence-electron chi connectivity index (χ3n) is 2.08. The van der Waals surface area contributed by atoms with E-state index >= 15 is 0 Å². The van der Waals surface area contributed by atoms with Crippen LogP contribution in [0.2, 0.25) is 0 Å². The first kappa shape index (κ1) is 14.3. The molecule has 0 fully saturated rings. The van der Waals surface area contributed by atoms with E-state index in [1.54, 1.807) is 0 Å². The molecule has 0 aliphatic heterocycles. The van der Waals surface area contributed by atoms with Crippen molar-refractivity contribution in [1.82, 2.24) is 10.9 Å². The third-order valence-corrected chi connectivity index (χ3v) is 2.28. The molecule has 0 atom stereocenters. The molecule has 0 amide bonds. The first-order valence-corrected chi connectivity index (χ1v) is 6.00. The van der Waals surface area contributed by atoms with E-state index in [1.165, 1.54) is 38.5 Å². The number of hydrogen-bond acceptors (Lipinski definition) is 3. The molecule has 0 aromatic heterocycles. The number of hydrogen-bond donors (Lipinski definition) is 3. The van der Waals surface area contributed by atoms with Gasteiger partial charge in [-0.05, 0) is 25.1 Å². The predicted octanol–water partition coefficient (Wildman–Crippen LogP) is 2.06. The largest absolute Gasteiger partial charge is 0.300 e. The highest BCUT2D eigenvalue weighted by Crippen LogP contribution is 2.05. The Balaban J connectivity index is 3.13. The van der Waals surface area contributed by atoms with Gasteiger partial charge in [0.25, 0.3) is 0 Å². The summed E-state index contributed by atoms with van der Waals surface area (Å²) in [7, 11) is 0. The van der Waals surface area contributed by atoms with E-state index in [-0.39, 0.29) is 0 Å². The Morgan fingerprint density at radius 2 is 1.93 bits per heavy atom. The summed E-state index contributed by atoms with van der Waals surface area (Å²) in [5.74, 6) is 5.05. The molecule has 0 unspecified atom stereocenters. The average molecular weight is 230 g/mol. The standard InChI is InChI=1S/C10H22N4S/c1-2-3-4-5-6-7-8-9-12-14-10(15)13-11/h9H,2-8,11H2,1H3,(H2,13,14,15). The molecule has 0 rings (SSSR count). The molecule has 0 aliphatic carbocycles. The van der Waals surface area contributed by atoms with Gasteiger partial charge in [0.15, 0.2) is 0 Å². The molecule has 0 saturated heterocycles. The summed E-state index contributed by atoms with van der Waals surface area (Å²) < 4.78 is 0. The van der Waals surface area contributed by atoms with Gasteiger partial charge >= 0.3 is 0 Å². The number of hydrazone groups is 1. The molecule has 5 heteroatoms. The molecule has 0 bridgehead atoms. The van der Waals surface area contributed by atoms with E-state index < -0.39 is 0 Å². The highest BCUT2D eigenvalue weighted by molar-refractivity contribution is 7.80. The number of rotatable bonds is 8. The van der Waals surface area contributed by atoms with Crippen LogP contribution in [0.1, 0.15) is 51.9 Å². The summed E-state index contributed by atoms with van der Waals surface area (Å²) in [5.41, 5.74) is 4.91. The summed E-state index contributed by atoms with van der Waals surface area (Å²) in [4.78, 5) is 0. The SMILES string of the molecule is CCCCCCCCC=NNC(=S)NN. The Morgan fingerprint density at radius 3 is 2.60 bits per heavy atom. The molecular weight excluding hydrogens is 208 g/mol. The van der Waals surface area contributed by atoms with Crippen molar-refractivity contribution in [3.63, 3.8) is 0 Å². The zero-order chi connectivity index (χ0) is 11.4. The maximum Gasteiger partial charge on any atom is 0.201 e. The summed E-state index contributed by atoms with van der Waals surface area (Å²) in [6, 6.07) is 0. The molecule has 0 heterocycles. The molecule has 15 heavy (non-hydrogen) atoms. The monoisotopic (exact) mass is 230 g/mol. The van der Waals surface area contributed by atoms with Gasteiger partial charge in [0.1, 0.15) is 0 Å². The quantitative estimate of drug-likeness (QED) is 0.196. The molecule has 4 N–H and O–H groups in total. The summed E-state index contributed by atoms with van der Waals surface area (Å²) in [6.45, 7) is 2.23. The fourth-order valence-corrected chi connectivity index (χ4v) is 1.27. The van der Waals surface area contributed by atoms with Crippen molar-refractivity contribution in [2.24, 2.45) is 10.9 Å². The maximum absolute atomic E-state index is 5.05. The summed E-state index contributed by atoms with van der Waals surface area (Å²) in [6.07, 6.45) is 10.6. The highest BCUT2D eigenvalue weighted by Gasteiger charge is 1.88. The third kappa shape index (κ3) is 11.2. The van der Waals surface area contributed by atoms with E-state index in [0.29, 0.717) is 5.11 Å². The van der Waals surface area contributed by atoms with Crippen LogP contribution < -0.4 is 16.7 Å². The van der Waals surface area contributed by atoms with E-state index in [0.717, 1.165) is 6.42 Å². The van der Waals surface area contributed by atoms with Crippen LogP contribution in [0.3, 0.4) is 0 Å². The lowest BCUT2D eigenvalue weighted by Crippen LogP contribution is -2.37. The lowest BCUT2D eigenvalue weighted by molar-refractivity contribution is 0.616. The van der Waals surface area contributed by atoms with E-state index in [4.69, 9.17) is 18.1 Å². The molecule has 0 aromatic carbocycles. The molecule has 0 aliphatic rings. The number of thiocarbonyl (C=S) groups is 1. The van der Waals surface area contributed by atoms with Crippen molar-refractivity contribution in [2.75, 3.05) is 0 Å². The Hall–Kier alpha value is -0.680. The Kier molecular flexibility index (Phi) is 10.9. The molecule has 0 spiro atoms. The minimum atomic E-state index is 0.342. The van der Waals surface area contributed by atoms with Crippen LogP contribution in [-0.2, 0) is 0 Å². The molecule has 88 valence electrons. The number of hydrazine groups is 1. The Bertz CT molecular complexity index is 182. The minimum absolute atomic E-state index is 0.342. The van der Waals surface area contributed by atoms with Gasteiger partial charge in [-0.2, -0.15) is 5.10 Å². The van der Waals surface area contributed by atoms with Gasteiger partial charge in [-0.3, -0.25) is 10.9 Å². The fourth-order valence-electron chi connectivity index (χ4n) is 1.22. The Morgan fingerprint density at radius 1 is 1.27 bits per heavy atom. The lowest BCUT2D eigenvalue weighted by Gasteiger charge is -1.99. The normalized spacial score (nSPS) is 10.5. The van der Waals surface area contributed by atoms with Crippen molar-refractivity contribution in [3.8, 4) is 0 Å². The van der Waals surface area contributed by atoms with Crippen LogP contribution in [-0.4, -0.2) is 11.3 Å². The number of unbranched alkanes of at least 4 members (excludes halogenated alkanes) is 6. The van der Waals surface area contributed by atoms with Gasteiger partial charge in [0, 0.05) is 6.21 Å². The number of nitrogens with one attached hydrogen (secondary N) is 2. The smallest absolute Gasteiger partial charge is 0.201 e. The molecule has 0 saturated carbocycles. The van der Waals surface area contributed by atoms with E-state index in [9.17, 15) is 0 Å². The molecule has 0 aromatic rings. The predicted molar refractivity (Wildman–Crippen MR) is 69.5 cm³/mol. The van der Waals surface area contributed by atoms with Gasteiger partial charge < -0.3 is 0 Å².